The largest absolute Gasteiger partial charge is 0.332 e. The average molecular weight is 344 g/mol. The van der Waals surface area contributed by atoms with Crippen molar-refractivity contribution in [3.8, 4) is 5.69 Å². The molecular formula is C17H22N5O3+. The summed E-state index contributed by atoms with van der Waals surface area (Å²) in [5, 5.41) is 15.1. The van der Waals surface area contributed by atoms with Gasteiger partial charge in [0.15, 0.2) is 0 Å². The van der Waals surface area contributed by atoms with Crippen LogP contribution in [0.3, 0.4) is 0 Å². The van der Waals surface area contributed by atoms with Crippen molar-refractivity contribution in [2.45, 2.75) is 13.8 Å². The van der Waals surface area contributed by atoms with E-state index < -0.39 is 4.92 Å². The van der Waals surface area contributed by atoms with Crippen molar-refractivity contribution in [2.75, 3.05) is 32.7 Å². The number of hydrogen-bond acceptors (Lipinski definition) is 4. The zero-order valence-corrected chi connectivity index (χ0v) is 14.4. The minimum Gasteiger partial charge on any atom is -0.332 e. The van der Waals surface area contributed by atoms with Crippen molar-refractivity contribution in [3.05, 3.63) is 51.8 Å². The molecule has 1 N–H and O–H groups in total. The molecule has 1 aliphatic heterocycles. The van der Waals surface area contributed by atoms with Gasteiger partial charge in [-0.25, -0.2) is 4.68 Å². The van der Waals surface area contributed by atoms with E-state index >= 15 is 0 Å². The molecule has 8 heteroatoms. The average Bonchev–Trinajstić information content (AvgIpc) is 3.02. The van der Waals surface area contributed by atoms with E-state index in [4.69, 9.17) is 0 Å². The predicted molar refractivity (Wildman–Crippen MR) is 92.1 cm³/mol. The van der Waals surface area contributed by atoms with E-state index in [1.54, 1.807) is 23.0 Å². The van der Waals surface area contributed by atoms with Crippen LogP contribution in [0.15, 0.2) is 30.5 Å². The molecule has 3 rings (SSSR count). The maximum absolute atomic E-state index is 12.8. The van der Waals surface area contributed by atoms with Gasteiger partial charge in [-0.1, -0.05) is 0 Å². The summed E-state index contributed by atoms with van der Waals surface area (Å²) in [5.41, 5.74) is 2.05. The number of piperazine rings is 1. The van der Waals surface area contributed by atoms with E-state index in [0.717, 1.165) is 38.4 Å². The molecule has 0 spiro atoms. The maximum Gasteiger partial charge on any atom is 0.269 e. The number of aromatic nitrogens is 2. The summed E-state index contributed by atoms with van der Waals surface area (Å²) < 4.78 is 1.64. The Hall–Kier alpha value is -2.74. The molecule has 1 saturated heterocycles. The number of nitrogens with one attached hydrogen (secondary N) is 1. The Kier molecular flexibility index (Phi) is 4.80. The first-order chi connectivity index (χ1) is 12.0. The van der Waals surface area contributed by atoms with Crippen LogP contribution in [0.2, 0.25) is 0 Å². The minimum absolute atomic E-state index is 0.000754. The summed E-state index contributed by atoms with van der Waals surface area (Å²) in [4.78, 5) is 26.5. The van der Waals surface area contributed by atoms with Crippen molar-refractivity contribution in [1.29, 1.82) is 0 Å². The molecule has 2 aromatic rings. The highest BCUT2D eigenvalue weighted by atomic mass is 16.6. The van der Waals surface area contributed by atoms with Gasteiger partial charge in [-0.05, 0) is 26.0 Å². The molecule has 1 aromatic carbocycles. The van der Waals surface area contributed by atoms with Crippen LogP contribution >= 0.6 is 0 Å². The molecule has 0 radical (unpaired) electrons. The van der Waals surface area contributed by atoms with Crippen molar-refractivity contribution in [1.82, 2.24) is 14.7 Å². The van der Waals surface area contributed by atoms with Crippen molar-refractivity contribution < 1.29 is 14.6 Å². The number of rotatable bonds is 4. The number of carbonyl (C=O) groups is 1. The van der Waals surface area contributed by atoms with E-state index in [1.165, 1.54) is 17.0 Å². The highest BCUT2D eigenvalue weighted by molar-refractivity contribution is 5.95. The first-order valence-electron chi connectivity index (χ1n) is 8.43. The lowest BCUT2D eigenvalue weighted by Crippen LogP contribution is -3.14. The fourth-order valence-corrected chi connectivity index (χ4v) is 3.15. The summed E-state index contributed by atoms with van der Waals surface area (Å²) in [6, 6.07) is 6.14. The summed E-state index contributed by atoms with van der Waals surface area (Å²) >= 11 is 0. The number of nitro benzene ring substituents is 1. The van der Waals surface area contributed by atoms with E-state index in [2.05, 4.69) is 12.0 Å². The Morgan fingerprint density at radius 3 is 2.48 bits per heavy atom. The van der Waals surface area contributed by atoms with Crippen LogP contribution < -0.4 is 4.90 Å². The number of quaternary nitrogens is 1. The number of amides is 1. The number of carbonyl (C=O) groups excluding carboxylic acids is 1. The monoisotopic (exact) mass is 344 g/mol. The lowest BCUT2D eigenvalue weighted by molar-refractivity contribution is -0.902. The first-order valence-corrected chi connectivity index (χ1v) is 8.43. The third-order valence-corrected chi connectivity index (χ3v) is 4.80. The molecule has 0 atom stereocenters. The fraction of sp³-hybridized carbons (Fsp3) is 0.412. The quantitative estimate of drug-likeness (QED) is 0.645. The summed E-state index contributed by atoms with van der Waals surface area (Å²) in [7, 11) is 0. The van der Waals surface area contributed by atoms with Gasteiger partial charge >= 0.3 is 0 Å². The highest BCUT2D eigenvalue weighted by Gasteiger charge is 2.26. The molecule has 1 aliphatic rings. The molecule has 8 nitrogen and oxygen atoms in total. The summed E-state index contributed by atoms with van der Waals surface area (Å²) in [6.07, 6.45) is 1.58. The third kappa shape index (κ3) is 3.39. The van der Waals surface area contributed by atoms with E-state index in [1.807, 2.05) is 11.8 Å². The Morgan fingerprint density at radius 1 is 1.28 bits per heavy atom. The number of likely N-dealkylation sites (N-methyl/N-ethyl adjacent to an activating group) is 1. The van der Waals surface area contributed by atoms with Crippen LogP contribution in [0, 0.1) is 17.0 Å². The normalized spacial score (nSPS) is 15.4. The van der Waals surface area contributed by atoms with Crippen LogP contribution in [0.5, 0.6) is 0 Å². The SMILES string of the molecule is CC[NH+]1CCN(C(=O)c2cnn(-c3ccc([N+](=O)[O-])cc3)c2C)CC1. The number of benzene rings is 1. The van der Waals surface area contributed by atoms with Crippen LogP contribution in [-0.4, -0.2) is 58.2 Å². The summed E-state index contributed by atoms with van der Waals surface area (Å²) in [6.45, 7) is 8.53. The molecule has 0 saturated carbocycles. The topological polar surface area (TPSA) is 85.7 Å². The Balaban J connectivity index is 1.79. The van der Waals surface area contributed by atoms with Crippen LogP contribution in [0.1, 0.15) is 23.0 Å². The Bertz CT molecular complexity index is 776. The molecule has 1 aromatic heterocycles. The lowest BCUT2D eigenvalue weighted by Gasteiger charge is -2.31. The Morgan fingerprint density at radius 2 is 1.92 bits per heavy atom. The molecule has 1 fully saturated rings. The molecule has 0 aliphatic carbocycles. The van der Waals surface area contributed by atoms with E-state index in [-0.39, 0.29) is 11.6 Å². The molecule has 0 bridgehead atoms. The third-order valence-electron chi connectivity index (χ3n) is 4.80. The zero-order chi connectivity index (χ0) is 18.0. The zero-order valence-electron chi connectivity index (χ0n) is 14.4. The second kappa shape index (κ2) is 7.02. The number of nitro groups is 1. The van der Waals surface area contributed by atoms with Crippen LogP contribution in [-0.2, 0) is 0 Å². The summed E-state index contributed by atoms with van der Waals surface area (Å²) in [5.74, 6) is 0.000754. The number of non-ortho nitro benzene ring substituents is 1. The Labute approximate surface area is 145 Å². The van der Waals surface area contributed by atoms with E-state index in [0.29, 0.717) is 11.3 Å². The van der Waals surface area contributed by atoms with Gasteiger partial charge in [-0.2, -0.15) is 5.10 Å². The van der Waals surface area contributed by atoms with Gasteiger partial charge in [0, 0.05) is 12.1 Å². The molecule has 2 heterocycles. The second-order valence-corrected chi connectivity index (χ2v) is 6.22. The molecule has 132 valence electrons. The van der Waals surface area contributed by atoms with Gasteiger partial charge in [0.05, 0.1) is 60.8 Å². The van der Waals surface area contributed by atoms with Crippen LogP contribution in [0.25, 0.3) is 5.69 Å². The molecule has 25 heavy (non-hydrogen) atoms. The highest BCUT2D eigenvalue weighted by Crippen LogP contribution is 2.19. The standard InChI is InChI=1S/C17H21N5O3/c1-3-19-8-10-20(11-9-19)17(23)16-12-18-21(13(16)2)14-4-6-15(7-5-14)22(24)25/h4-7,12H,3,8-11H2,1-2H3/p+1. The van der Waals surface area contributed by atoms with Gasteiger partial charge < -0.3 is 9.80 Å². The van der Waals surface area contributed by atoms with Gasteiger partial charge in [-0.3, -0.25) is 14.9 Å². The molecule has 0 unspecified atom stereocenters. The van der Waals surface area contributed by atoms with Gasteiger partial charge in [0.1, 0.15) is 0 Å². The van der Waals surface area contributed by atoms with Gasteiger partial charge in [-0.15, -0.1) is 0 Å². The van der Waals surface area contributed by atoms with Gasteiger partial charge in [0.25, 0.3) is 11.6 Å². The number of hydrogen-bond donors (Lipinski definition) is 1. The smallest absolute Gasteiger partial charge is 0.269 e. The molecular weight excluding hydrogens is 322 g/mol. The van der Waals surface area contributed by atoms with Crippen LogP contribution in [0.4, 0.5) is 5.69 Å². The van der Waals surface area contributed by atoms with Crippen molar-refractivity contribution >= 4 is 11.6 Å². The number of nitrogens with zero attached hydrogens (tertiary/aromatic N) is 4. The fourth-order valence-electron chi connectivity index (χ4n) is 3.15. The van der Waals surface area contributed by atoms with Crippen molar-refractivity contribution in [2.24, 2.45) is 0 Å². The lowest BCUT2D eigenvalue weighted by atomic mass is 10.2. The van der Waals surface area contributed by atoms with E-state index in [9.17, 15) is 14.9 Å². The van der Waals surface area contributed by atoms with Gasteiger partial charge in [0.2, 0.25) is 0 Å². The minimum atomic E-state index is -0.438. The van der Waals surface area contributed by atoms with Crippen molar-refractivity contribution in [3.63, 3.8) is 0 Å². The molecule has 1 amide bonds. The second-order valence-electron chi connectivity index (χ2n) is 6.22. The predicted octanol–water partition coefficient (Wildman–Crippen LogP) is 0.450. The first kappa shape index (κ1) is 17.1. The maximum atomic E-state index is 12.8.